The predicted molar refractivity (Wildman–Crippen MR) is 73.4 cm³/mol. The average Bonchev–Trinajstić information content (AvgIpc) is 2.31. The summed E-state index contributed by atoms with van der Waals surface area (Å²) in [5.74, 6) is 1.20. The van der Waals surface area contributed by atoms with E-state index >= 15 is 0 Å². The Balaban J connectivity index is 2.13. The molecule has 102 valence electrons. The topological polar surface area (TPSA) is 21.3 Å². The van der Waals surface area contributed by atoms with Crippen LogP contribution in [0.3, 0.4) is 0 Å². The summed E-state index contributed by atoms with van der Waals surface area (Å²) in [6.07, 6.45) is 2.26. The smallest absolute Gasteiger partial charge is 0.123 e. The quantitative estimate of drug-likeness (QED) is 0.714. The molecule has 0 radical (unpaired) electrons. The second-order valence-electron chi connectivity index (χ2n) is 5.12. The average molecular weight is 253 g/mol. The normalized spacial score (nSPS) is 12.7. The summed E-state index contributed by atoms with van der Waals surface area (Å²) < 4.78 is 18.4. The van der Waals surface area contributed by atoms with Gasteiger partial charge in [-0.1, -0.05) is 13.8 Å². The van der Waals surface area contributed by atoms with Crippen molar-refractivity contribution in [2.24, 2.45) is 5.92 Å². The van der Waals surface area contributed by atoms with E-state index in [9.17, 15) is 4.39 Å². The summed E-state index contributed by atoms with van der Waals surface area (Å²) in [5.41, 5.74) is 0. The largest absolute Gasteiger partial charge is 0.491 e. The fourth-order valence-electron chi connectivity index (χ4n) is 1.71. The lowest BCUT2D eigenvalue weighted by molar-refractivity contribution is 0.207. The molecule has 0 bridgehead atoms. The summed E-state index contributed by atoms with van der Waals surface area (Å²) >= 11 is 0. The molecule has 1 atom stereocenters. The maximum Gasteiger partial charge on any atom is 0.123 e. The van der Waals surface area contributed by atoms with Crippen LogP contribution in [0.25, 0.3) is 0 Å². The number of halogens is 1. The minimum absolute atomic E-state index is 0.163. The molecule has 0 fully saturated rings. The number of hydrogen-bond donors (Lipinski definition) is 1. The maximum atomic E-state index is 12.7. The van der Waals surface area contributed by atoms with Crippen LogP contribution in [-0.4, -0.2) is 19.2 Å². The fourth-order valence-corrected chi connectivity index (χ4v) is 1.71. The SMILES string of the molecule is CC(C)CNCCCC(C)Oc1ccc(F)cc1. The first kappa shape index (κ1) is 15.0. The van der Waals surface area contributed by atoms with Crippen molar-refractivity contribution in [3.63, 3.8) is 0 Å². The van der Waals surface area contributed by atoms with Crippen molar-refractivity contribution < 1.29 is 9.13 Å². The van der Waals surface area contributed by atoms with Gasteiger partial charge in [-0.3, -0.25) is 0 Å². The van der Waals surface area contributed by atoms with Crippen LogP contribution < -0.4 is 10.1 Å². The second kappa shape index (κ2) is 8.09. The summed E-state index contributed by atoms with van der Waals surface area (Å²) in [6.45, 7) is 8.54. The molecule has 0 aliphatic heterocycles. The summed E-state index contributed by atoms with van der Waals surface area (Å²) in [6, 6.07) is 6.18. The van der Waals surface area contributed by atoms with Gasteiger partial charge in [0.1, 0.15) is 11.6 Å². The Labute approximate surface area is 110 Å². The highest BCUT2D eigenvalue weighted by Crippen LogP contribution is 2.14. The molecule has 0 saturated carbocycles. The van der Waals surface area contributed by atoms with Gasteiger partial charge in [0.2, 0.25) is 0 Å². The highest BCUT2D eigenvalue weighted by Gasteiger charge is 2.04. The number of nitrogens with one attached hydrogen (secondary N) is 1. The lowest BCUT2D eigenvalue weighted by Crippen LogP contribution is -2.22. The van der Waals surface area contributed by atoms with Crippen LogP contribution in [0.5, 0.6) is 5.75 Å². The third-order valence-corrected chi connectivity index (χ3v) is 2.67. The van der Waals surface area contributed by atoms with Gasteiger partial charge in [0.05, 0.1) is 6.10 Å². The lowest BCUT2D eigenvalue weighted by Gasteiger charge is -2.15. The van der Waals surface area contributed by atoms with Gasteiger partial charge < -0.3 is 10.1 Å². The molecule has 1 aromatic carbocycles. The van der Waals surface area contributed by atoms with Crippen molar-refractivity contribution in [3.8, 4) is 5.75 Å². The van der Waals surface area contributed by atoms with Gasteiger partial charge in [-0.25, -0.2) is 4.39 Å². The molecular formula is C15H24FNO. The maximum absolute atomic E-state index is 12.7. The first-order chi connectivity index (χ1) is 8.58. The molecule has 2 nitrogen and oxygen atoms in total. The number of ether oxygens (including phenoxy) is 1. The van der Waals surface area contributed by atoms with E-state index in [0.29, 0.717) is 5.92 Å². The third-order valence-electron chi connectivity index (χ3n) is 2.67. The Morgan fingerprint density at radius 1 is 1.17 bits per heavy atom. The number of rotatable bonds is 8. The zero-order valence-corrected chi connectivity index (χ0v) is 11.6. The molecule has 0 aliphatic rings. The molecular weight excluding hydrogens is 229 g/mol. The van der Waals surface area contributed by atoms with Gasteiger partial charge in [0.25, 0.3) is 0 Å². The van der Waals surface area contributed by atoms with Crippen molar-refractivity contribution in [1.82, 2.24) is 5.32 Å². The minimum Gasteiger partial charge on any atom is -0.491 e. The Morgan fingerprint density at radius 2 is 1.83 bits per heavy atom. The van der Waals surface area contributed by atoms with Crippen LogP contribution in [0, 0.1) is 11.7 Å². The van der Waals surface area contributed by atoms with Gasteiger partial charge in [-0.15, -0.1) is 0 Å². The first-order valence-corrected chi connectivity index (χ1v) is 6.71. The molecule has 3 heteroatoms. The Bertz CT molecular complexity index is 324. The van der Waals surface area contributed by atoms with Gasteiger partial charge in [-0.05, 0) is 63.0 Å². The number of hydrogen-bond acceptors (Lipinski definition) is 2. The zero-order chi connectivity index (χ0) is 13.4. The Kier molecular flexibility index (Phi) is 6.73. The van der Waals surface area contributed by atoms with Crippen LogP contribution in [-0.2, 0) is 0 Å². The Hall–Kier alpha value is -1.09. The van der Waals surface area contributed by atoms with Crippen LogP contribution >= 0.6 is 0 Å². The highest BCUT2D eigenvalue weighted by molar-refractivity contribution is 5.22. The zero-order valence-electron chi connectivity index (χ0n) is 11.6. The Morgan fingerprint density at radius 3 is 2.44 bits per heavy atom. The first-order valence-electron chi connectivity index (χ1n) is 6.71. The van der Waals surface area contributed by atoms with Crippen molar-refractivity contribution in [2.45, 2.75) is 39.7 Å². The fraction of sp³-hybridized carbons (Fsp3) is 0.600. The molecule has 0 amide bonds. The second-order valence-corrected chi connectivity index (χ2v) is 5.12. The van der Waals surface area contributed by atoms with E-state index in [4.69, 9.17) is 4.74 Å². The summed E-state index contributed by atoms with van der Waals surface area (Å²) in [7, 11) is 0. The van der Waals surface area contributed by atoms with E-state index in [1.54, 1.807) is 12.1 Å². The van der Waals surface area contributed by atoms with E-state index < -0.39 is 0 Å². The molecule has 0 spiro atoms. The summed E-state index contributed by atoms with van der Waals surface area (Å²) in [5, 5.41) is 3.41. The van der Waals surface area contributed by atoms with E-state index in [1.165, 1.54) is 12.1 Å². The van der Waals surface area contributed by atoms with Gasteiger partial charge in [0.15, 0.2) is 0 Å². The summed E-state index contributed by atoms with van der Waals surface area (Å²) in [4.78, 5) is 0. The van der Waals surface area contributed by atoms with E-state index in [1.807, 2.05) is 6.92 Å². The van der Waals surface area contributed by atoms with E-state index in [2.05, 4.69) is 19.2 Å². The molecule has 1 unspecified atom stereocenters. The van der Waals surface area contributed by atoms with Crippen LogP contribution in [0.1, 0.15) is 33.6 Å². The van der Waals surface area contributed by atoms with Crippen molar-refractivity contribution in [3.05, 3.63) is 30.1 Å². The molecule has 1 rings (SSSR count). The highest BCUT2D eigenvalue weighted by atomic mass is 19.1. The monoisotopic (exact) mass is 253 g/mol. The molecule has 0 aliphatic carbocycles. The van der Waals surface area contributed by atoms with Gasteiger partial charge in [-0.2, -0.15) is 0 Å². The van der Waals surface area contributed by atoms with E-state index in [0.717, 1.165) is 31.7 Å². The van der Waals surface area contributed by atoms with Crippen LogP contribution in [0.2, 0.25) is 0 Å². The molecule has 1 aromatic rings. The van der Waals surface area contributed by atoms with E-state index in [-0.39, 0.29) is 11.9 Å². The predicted octanol–water partition coefficient (Wildman–Crippen LogP) is 3.62. The minimum atomic E-state index is -0.229. The van der Waals surface area contributed by atoms with Crippen molar-refractivity contribution in [1.29, 1.82) is 0 Å². The molecule has 0 aromatic heterocycles. The van der Waals surface area contributed by atoms with Crippen molar-refractivity contribution in [2.75, 3.05) is 13.1 Å². The molecule has 0 heterocycles. The number of benzene rings is 1. The standard InChI is InChI=1S/C15H24FNO/c1-12(2)11-17-10-4-5-13(3)18-15-8-6-14(16)7-9-15/h6-9,12-13,17H,4-5,10-11H2,1-3H3. The molecule has 18 heavy (non-hydrogen) atoms. The third kappa shape index (κ3) is 6.60. The molecule has 0 saturated heterocycles. The van der Waals surface area contributed by atoms with Crippen LogP contribution in [0.15, 0.2) is 24.3 Å². The lowest BCUT2D eigenvalue weighted by atomic mass is 10.2. The van der Waals surface area contributed by atoms with Crippen molar-refractivity contribution >= 4 is 0 Å². The van der Waals surface area contributed by atoms with Gasteiger partial charge in [0, 0.05) is 0 Å². The molecule has 1 N–H and O–H groups in total. The van der Waals surface area contributed by atoms with Gasteiger partial charge >= 0.3 is 0 Å². The van der Waals surface area contributed by atoms with Crippen LogP contribution in [0.4, 0.5) is 4.39 Å².